The van der Waals surface area contributed by atoms with Crippen molar-refractivity contribution in [1.29, 1.82) is 0 Å². The molecule has 4 nitrogen and oxygen atoms in total. The van der Waals surface area contributed by atoms with Crippen LogP contribution in [0.15, 0.2) is 60.7 Å². The van der Waals surface area contributed by atoms with Gasteiger partial charge in [-0.2, -0.15) is 0 Å². The number of rotatable bonds is 6. The Morgan fingerprint density at radius 1 is 0.917 bits per heavy atom. The van der Waals surface area contributed by atoms with Crippen LogP contribution in [0, 0.1) is 6.92 Å². The summed E-state index contributed by atoms with van der Waals surface area (Å²) in [6, 6.07) is 19.8. The zero-order valence-electron chi connectivity index (χ0n) is 13.5. The number of halogens is 1. The molecule has 0 saturated heterocycles. The maximum Gasteiger partial charge on any atom is 0.136 e. The number of aromatic nitrogens is 2. The molecule has 0 bridgehead atoms. The lowest BCUT2D eigenvalue weighted by atomic mass is 10.1. The van der Waals surface area contributed by atoms with Crippen molar-refractivity contribution in [2.24, 2.45) is 0 Å². The first-order chi connectivity index (χ1) is 11.7. The number of nitrogens with one attached hydrogen (secondary N) is 2. The maximum absolute atomic E-state index is 6.01. The lowest BCUT2D eigenvalue weighted by Crippen LogP contribution is -2.08. The van der Waals surface area contributed by atoms with Crippen molar-refractivity contribution in [2.75, 3.05) is 17.2 Å². The third kappa shape index (κ3) is 4.70. The fourth-order valence-electron chi connectivity index (χ4n) is 2.42. The third-order valence-corrected chi connectivity index (χ3v) is 3.73. The van der Waals surface area contributed by atoms with Gasteiger partial charge in [0.15, 0.2) is 0 Å². The number of hydrogen-bond acceptors (Lipinski definition) is 4. The number of aryl methyl sites for hydroxylation is 1. The first kappa shape index (κ1) is 16.3. The van der Waals surface area contributed by atoms with Crippen LogP contribution in [-0.2, 0) is 6.42 Å². The number of para-hydroxylation sites is 1. The van der Waals surface area contributed by atoms with Crippen molar-refractivity contribution in [3.63, 3.8) is 0 Å². The molecule has 1 aromatic heterocycles. The summed E-state index contributed by atoms with van der Waals surface area (Å²) in [5, 5.41) is 7.40. The Bertz CT molecular complexity index is 805. The molecule has 0 fully saturated rings. The van der Waals surface area contributed by atoms with Gasteiger partial charge < -0.3 is 10.6 Å². The van der Waals surface area contributed by atoms with Gasteiger partial charge in [-0.3, -0.25) is 0 Å². The second-order valence-electron chi connectivity index (χ2n) is 5.48. The lowest BCUT2D eigenvalue weighted by Gasteiger charge is -2.10. The van der Waals surface area contributed by atoms with Crippen molar-refractivity contribution >= 4 is 28.9 Å². The minimum absolute atomic E-state index is 0.723. The quantitative estimate of drug-likeness (QED) is 0.675. The van der Waals surface area contributed by atoms with Crippen LogP contribution in [0.25, 0.3) is 0 Å². The molecular weight excluding hydrogens is 320 g/mol. The summed E-state index contributed by atoms with van der Waals surface area (Å²) in [5.74, 6) is 2.31. The summed E-state index contributed by atoms with van der Waals surface area (Å²) in [4.78, 5) is 8.86. The molecule has 3 rings (SSSR count). The van der Waals surface area contributed by atoms with E-state index in [0.717, 1.165) is 41.1 Å². The molecule has 0 amide bonds. The molecule has 0 atom stereocenters. The van der Waals surface area contributed by atoms with Gasteiger partial charge >= 0.3 is 0 Å². The molecule has 0 unspecified atom stereocenters. The molecule has 0 aliphatic rings. The molecule has 2 aromatic carbocycles. The molecule has 0 saturated carbocycles. The minimum atomic E-state index is 0.723. The highest BCUT2D eigenvalue weighted by Crippen LogP contribution is 2.17. The molecular formula is C19H19ClN4. The second kappa shape index (κ2) is 7.79. The van der Waals surface area contributed by atoms with Crippen molar-refractivity contribution in [2.45, 2.75) is 13.3 Å². The van der Waals surface area contributed by atoms with Crippen molar-refractivity contribution in [3.8, 4) is 0 Å². The number of hydrogen-bond donors (Lipinski definition) is 2. The van der Waals surface area contributed by atoms with E-state index in [-0.39, 0.29) is 0 Å². The number of anilines is 3. The highest BCUT2D eigenvalue weighted by Gasteiger charge is 2.03. The van der Waals surface area contributed by atoms with E-state index in [1.807, 2.05) is 61.5 Å². The van der Waals surface area contributed by atoms with E-state index in [2.05, 4.69) is 26.7 Å². The molecule has 24 heavy (non-hydrogen) atoms. The number of benzene rings is 2. The van der Waals surface area contributed by atoms with Crippen LogP contribution < -0.4 is 10.6 Å². The SMILES string of the molecule is Cc1nc(NCCc2cccc(Cl)c2)cc(Nc2ccccc2)n1. The molecule has 5 heteroatoms. The van der Waals surface area contributed by atoms with E-state index < -0.39 is 0 Å². The monoisotopic (exact) mass is 338 g/mol. The van der Waals surface area contributed by atoms with Crippen molar-refractivity contribution in [1.82, 2.24) is 9.97 Å². The van der Waals surface area contributed by atoms with Crippen LogP contribution >= 0.6 is 11.6 Å². The van der Waals surface area contributed by atoms with Crippen LogP contribution in [0.1, 0.15) is 11.4 Å². The van der Waals surface area contributed by atoms with E-state index in [0.29, 0.717) is 0 Å². The first-order valence-corrected chi connectivity index (χ1v) is 8.23. The Morgan fingerprint density at radius 2 is 1.71 bits per heavy atom. The average molecular weight is 339 g/mol. The number of nitrogens with zero attached hydrogens (tertiary/aromatic N) is 2. The van der Waals surface area contributed by atoms with E-state index in [1.54, 1.807) is 0 Å². The van der Waals surface area contributed by atoms with Gasteiger partial charge in [0.25, 0.3) is 0 Å². The van der Waals surface area contributed by atoms with Gasteiger partial charge in [0.1, 0.15) is 17.5 Å². The molecule has 0 spiro atoms. The van der Waals surface area contributed by atoms with Gasteiger partial charge in [-0.1, -0.05) is 41.9 Å². The van der Waals surface area contributed by atoms with Crippen molar-refractivity contribution < 1.29 is 0 Å². The van der Waals surface area contributed by atoms with Gasteiger partial charge in [0.2, 0.25) is 0 Å². The van der Waals surface area contributed by atoms with E-state index >= 15 is 0 Å². The van der Waals surface area contributed by atoms with Crippen LogP contribution in [0.2, 0.25) is 5.02 Å². The Balaban J connectivity index is 1.63. The lowest BCUT2D eigenvalue weighted by molar-refractivity contribution is 0.983. The minimum Gasteiger partial charge on any atom is -0.370 e. The van der Waals surface area contributed by atoms with Crippen LogP contribution in [0.5, 0.6) is 0 Å². The topological polar surface area (TPSA) is 49.8 Å². The molecule has 0 aliphatic carbocycles. The maximum atomic E-state index is 6.01. The van der Waals surface area contributed by atoms with Gasteiger partial charge in [0, 0.05) is 23.3 Å². The summed E-state index contributed by atoms with van der Waals surface area (Å²) in [5.41, 5.74) is 2.20. The standard InChI is InChI=1S/C19H19ClN4/c1-14-22-18(21-11-10-15-6-5-7-16(20)12-15)13-19(23-14)24-17-8-3-2-4-9-17/h2-9,12-13H,10-11H2,1H3,(H2,21,22,23,24). The Kier molecular flexibility index (Phi) is 5.29. The van der Waals surface area contributed by atoms with Gasteiger partial charge in [-0.25, -0.2) is 9.97 Å². The molecule has 2 N–H and O–H groups in total. The van der Waals surface area contributed by atoms with E-state index in [1.165, 1.54) is 5.56 Å². The Hall–Kier alpha value is -2.59. The predicted octanol–water partition coefficient (Wildman–Crippen LogP) is 4.84. The van der Waals surface area contributed by atoms with Crippen molar-refractivity contribution in [3.05, 3.63) is 77.1 Å². The molecule has 3 aromatic rings. The first-order valence-electron chi connectivity index (χ1n) is 7.85. The molecule has 1 heterocycles. The third-order valence-electron chi connectivity index (χ3n) is 3.49. The molecule has 122 valence electrons. The predicted molar refractivity (Wildman–Crippen MR) is 100 cm³/mol. The summed E-state index contributed by atoms with van der Waals surface area (Å²) >= 11 is 6.01. The average Bonchev–Trinajstić information content (AvgIpc) is 2.55. The van der Waals surface area contributed by atoms with Gasteiger partial charge in [0.05, 0.1) is 0 Å². The van der Waals surface area contributed by atoms with Crippen LogP contribution in [0.4, 0.5) is 17.3 Å². The Labute approximate surface area is 146 Å². The zero-order valence-corrected chi connectivity index (χ0v) is 14.2. The molecule has 0 radical (unpaired) electrons. The van der Waals surface area contributed by atoms with Gasteiger partial charge in [-0.05, 0) is 43.2 Å². The van der Waals surface area contributed by atoms with Crippen LogP contribution in [0.3, 0.4) is 0 Å². The summed E-state index contributed by atoms with van der Waals surface area (Å²) < 4.78 is 0. The fourth-order valence-corrected chi connectivity index (χ4v) is 2.63. The second-order valence-corrected chi connectivity index (χ2v) is 5.92. The van der Waals surface area contributed by atoms with E-state index in [9.17, 15) is 0 Å². The smallest absolute Gasteiger partial charge is 0.136 e. The molecule has 0 aliphatic heterocycles. The largest absolute Gasteiger partial charge is 0.370 e. The zero-order chi connectivity index (χ0) is 16.8. The summed E-state index contributed by atoms with van der Waals surface area (Å²) in [6.45, 7) is 2.67. The van der Waals surface area contributed by atoms with Crippen LogP contribution in [-0.4, -0.2) is 16.5 Å². The highest BCUT2D eigenvalue weighted by molar-refractivity contribution is 6.30. The normalized spacial score (nSPS) is 10.4. The Morgan fingerprint density at radius 3 is 2.50 bits per heavy atom. The summed E-state index contributed by atoms with van der Waals surface area (Å²) in [6.07, 6.45) is 0.880. The van der Waals surface area contributed by atoms with E-state index in [4.69, 9.17) is 11.6 Å². The highest BCUT2D eigenvalue weighted by atomic mass is 35.5. The summed E-state index contributed by atoms with van der Waals surface area (Å²) in [7, 11) is 0. The van der Waals surface area contributed by atoms with Gasteiger partial charge in [-0.15, -0.1) is 0 Å². The fraction of sp³-hybridized carbons (Fsp3) is 0.158.